The summed E-state index contributed by atoms with van der Waals surface area (Å²) < 4.78 is 28.8. The van der Waals surface area contributed by atoms with Crippen LogP contribution in [0.1, 0.15) is 67.7 Å². The van der Waals surface area contributed by atoms with Gasteiger partial charge in [-0.05, 0) is 67.2 Å². The van der Waals surface area contributed by atoms with Gasteiger partial charge in [-0.25, -0.2) is 22.7 Å². The molecule has 178 valence electrons. The van der Waals surface area contributed by atoms with E-state index in [-0.39, 0.29) is 6.54 Å². The molecule has 0 bridgehead atoms. The normalized spacial score (nSPS) is 14.7. The Hall–Kier alpha value is -2.88. The van der Waals surface area contributed by atoms with Crippen LogP contribution in [0.5, 0.6) is 0 Å². The lowest BCUT2D eigenvalue weighted by molar-refractivity contribution is 0.256. The third-order valence-corrected chi connectivity index (χ3v) is 7.78. The van der Waals surface area contributed by atoms with E-state index in [2.05, 4.69) is 18.3 Å². The number of nitrogens with zero attached hydrogens (tertiary/aromatic N) is 1. The first kappa shape index (κ1) is 23.3. The zero-order valence-corrected chi connectivity index (χ0v) is 19.6. The maximum absolute atomic E-state index is 12.9. The van der Waals surface area contributed by atoms with Crippen LogP contribution in [-0.4, -0.2) is 24.0 Å². The summed E-state index contributed by atoms with van der Waals surface area (Å²) in [6.07, 6.45) is 10.2. The fourth-order valence-corrected chi connectivity index (χ4v) is 5.81. The van der Waals surface area contributed by atoms with Crippen molar-refractivity contribution < 1.29 is 13.2 Å². The molecule has 3 N–H and O–H groups in total. The first-order chi connectivity index (χ1) is 15.8. The van der Waals surface area contributed by atoms with Gasteiger partial charge in [0, 0.05) is 18.4 Å². The number of aromatic amines is 1. The SMILES string of the molecule is CCCCCCn1cc(S(=O)(=O)NC(=O)Nc2c3c(cc4c2CCC4)CCC3)c(=O)[nH]c1=O. The number of nitrogens with one attached hydrogen (secondary N) is 3. The Morgan fingerprint density at radius 2 is 1.70 bits per heavy atom. The van der Waals surface area contributed by atoms with Crippen LogP contribution < -0.4 is 21.3 Å². The van der Waals surface area contributed by atoms with Gasteiger partial charge in [0.2, 0.25) is 0 Å². The van der Waals surface area contributed by atoms with Crippen LogP contribution in [0, 0.1) is 0 Å². The molecule has 1 aromatic carbocycles. The quantitative estimate of drug-likeness (QED) is 0.506. The third-order valence-electron chi connectivity index (χ3n) is 6.46. The van der Waals surface area contributed by atoms with Crippen molar-refractivity contribution in [1.29, 1.82) is 0 Å². The van der Waals surface area contributed by atoms with Gasteiger partial charge in [0.1, 0.15) is 0 Å². The smallest absolute Gasteiger partial charge is 0.307 e. The maximum atomic E-state index is 12.9. The molecule has 2 aliphatic rings. The summed E-state index contributed by atoms with van der Waals surface area (Å²) >= 11 is 0. The maximum Gasteiger partial charge on any atom is 0.333 e. The van der Waals surface area contributed by atoms with Gasteiger partial charge in [0.05, 0.1) is 0 Å². The number of sulfonamides is 1. The highest BCUT2D eigenvalue weighted by Crippen LogP contribution is 2.38. The Kier molecular flexibility index (Phi) is 6.73. The number of H-pyrrole nitrogens is 1. The van der Waals surface area contributed by atoms with Gasteiger partial charge in [-0.15, -0.1) is 0 Å². The van der Waals surface area contributed by atoms with Gasteiger partial charge >= 0.3 is 11.7 Å². The molecule has 0 unspecified atom stereocenters. The number of carbonyl (C=O) groups excluding carboxylic acids is 1. The molecule has 9 nitrogen and oxygen atoms in total. The van der Waals surface area contributed by atoms with Crippen molar-refractivity contribution in [2.45, 2.75) is 82.6 Å². The number of carbonyl (C=O) groups is 1. The molecule has 10 heteroatoms. The average molecular weight is 475 g/mol. The van der Waals surface area contributed by atoms with Crippen molar-refractivity contribution in [3.8, 4) is 0 Å². The average Bonchev–Trinajstić information content (AvgIpc) is 3.41. The molecule has 0 saturated heterocycles. The second-order valence-electron chi connectivity index (χ2n) is 8.80. The fraction of sp³-hybridized carbons (Fsp3) is 0.522. The number of hydrogen-bond donors (Lipinski definition) is 3. The molecule has 0 fully saturated rings. The van der Waals surface area contributed by atoms with E-state index in [4.69, 9.17) is 0 Å². The number of fused-ring (bicyclic) bond motifs is 2. The highest BCUT2D eigenvalue weighted by atomic mass is 32.2. The standard InChI is InChI=1S/C23H30N4O5S/c1-2-3-4-5-12-27-14-19(21(28)25-23(27)30)33(31,32)26-22(29)24-20-17-10-6-8-15(17)13-16-9-7-11-18(16)20/h13-14H,2-12H2,1H3,(H2,24,26,29)(H,25,28,30). The third kappa shape index (κ3) is 4.90. The van der Waals surface area contributed by atoms with Crippen molar-refractivity contribution >= 4 is 21.7 Å². The van der Waals surface area contributed by atoms with E-state index in [1.54, 1.807) is 0 Å². The molecule has 0 spiro atoms. The Balaban J connectivity index is 1.55. The molecule has 0 saturated carbocycles. The van der Waals surface area contributed by atoms with Gasteiger partial charge in [0.25, 0.3) is 15.6 Å². The molecule has 4 rings (SSSR count). The minimum absolute atomic E-state index is 0.284. The second kappa shape index (κ2) is 9.54. The predicted octanol–water partition coefficient (Wildman–Crippen LogP) is 2.60. The zero-order valence-electron chi connectivity index (χ0n) is 18.8. The molecule has 2 aromatic rings. The van der Waals surface area contributed by atoms with Crippen molar-refractivity contribution in [2.24, 2.45) is 0 Å². The summed E-state index contributed by atoms with van der Waals surface area (Å²) in [7, 11) is -4.48. The van der Waals surface area contributed by atoms with Crippen LogP contribution >= 0.6 is 0 Å². The number of benzene rings is 1. The summed E-state index contributed by atoms with van der Waals surface area (Å²) in [6, 6.07) is 1.30. The number of rotatable bonds is 8. The first-order valence-electron chi connectivity index (χ1n) is 11.6. The molecule has 0 radical (unpaired) electrons. The van der Waals surface area contributed by atoms with Crippen molar-refractivity contribution in [3.63, 3.8) is 0 Å². The van der Waals surface area contributed by atoms with E-state index in [9.17, 15) is 22.8 Å². The lowest BCUT2D eigenvalue weighted by atomic mass is 9.99. The topological polar surface area (TPSA) is 130 Å². The number of hydrogen-bond acceptors (Lipinski definition) is 5. The molecule has 2 amide bonds. The van der Waals surface area contributed by atoms with Crippen molar-refractivity contribution in [2.75, 3.05) is 5.32 Å². The minimum Gasteiger partial charge on any atom is -0.307 e. The number of amides is 2. The lowest BCUT2D eigenvalue weighted by Gasteiger charge is -2.16. The molecule has 1 aromatic heterocycles. The summed E-state index contributed by atoms with van der Waals surface area (Å²) in [6.45, 7) is 2.35. The summed E-state index contributed by atoms with van der Waals surface area (Å²) in [5.41, 5.74) is 3.55. The van der Waals surface area contributed by atoms with Crippen LogP contribution in [0.3, 0.4) is 0 Å². The van der Waals surface area contributed by atoms with Crippen LogP contribution in [0.2, 0.25) is 0 Å². The van der Waals surface area contributed by atoms with Crippen LogP contribution in [0.25, 0.3) is 0 Å². The Bertz CT molecular complexity index is 1260. The molecular formula is C23H30N4O5S. The van der Waals surface area contributed by atoms with Gasteiger partial charge in [0.15, 0.2) is 4.90 Å². The highest BCUT2D eigenvalue weighted by molar-refractivity contribution is 7.90. The monoisotopic (exact) mass is 474 g/mol. The van der Waals surface area contributed by atoms with E-state index in [1.165, 1.54) is 15.7 Å². The first-order valence-corrected chi connectivity index (χ1v) is 13.1. The Morgan fingerprint density at radius 1 is 1.03 bits per heavy atom. The van der Waals surface area contributed by atoms with Crippen molar-refractivity contribution in [1.82, 2.24) is 14.3 Å². The molecular weight excluding hydrogens is 444 g/mol. The van der Waals surface area contributed by atoms with E-state index >= 15 is 0 Å². The number of anilines is 1. The number of aryl methyl sites for hydroxylation is 3. The summed E-state index contributed by atoms with van der Waals surface area (Å²) in [5, 5.41) is 2.75. The minimum atomic E-state index is -4.48. The molecule has 1 heterocycles. The molecule has 0 aliphatic heterocycles. The van der Waals surface area contributed by atoms with Gasteiger partial charge in [-0.1, -0.05) is 32.3 Å². The van der Waals surface area contributed by atoms with Crippen molar-refractivity contribution in [3.05, 3.63) is 55.4 Å². The fourth-order valence-electron chi connectivity index (χ4n) is 4.84. The number of urea groups is 1. The molecule has 0 atom stereocenters. The Labute approximate surface area is 192 Å². The van der Waals surface area contributed by atoms with Crippen LogP contribution in [0.4, 0.5) is 10.5 Å². The Morgan fingerprint density at radius 3 is 2.33 bits per heavy atom. The lowest BCUT2D eigenvalue weighted by Crippen LogP contribution is -2.40. The predicted molar refractivity (Wildman–Crippen MR) is 125 cm³/mol. The van der Waals surface area contributed by atoms with E-state index in [1.807, 2.05) is 9.71 Å². The van der Waals surface area contributed by atoms with E-state index in [0.717, 1.165) is 75.1 Å². The summed E-state index contributed by atoms with van der Waals surface area (Å²) in [5.74, 6) is 0. The zero-order chi connectivity index (χ0) is 23.6. The number of unbranched alkanes of at least 4 members (excludes halogenated alkanes) is 3. The van der Waals surface area contributed by atoms with Crippen LogP contribution in [-0.2, 0) is 42.3 Å². The number of aromatic nitrogens is 2. The molecule has 2 aliphatic carbocycles. The summed E-state index contributed by atoms with van der Waals surface area (Å²) in [4.78, 5) is 38.4. The van der Waals surface area contributed by atoms with E-state index in [0.29, 0.717) is 12.1 Å². The van der Waals surface area contributed by atoms with E-state index < -0.39 is 32.2 Å². The second-order valence-corrected chi connectivity index (χ2v) is 10.5. The highest BCUT2D eigenvalue weighted by Gasteiger charge is 2.27. The van der Waals surface area contributed by atoms with Gasteiger partial charge < -0.3 is 5.32 Å². The molecule has 33 heavy (non-hydrogen) atoms. The largest absolute Gasteiger partial charge is 0.333 e. The van der Waals surface area contributed by atoms with Crippen LogP contribution in [0.15, 0.2) is 26.7 Å². The van der Waals surface area contributed by atoms with Gasteiger partial charge in [-0.3, -0.25) is 14.3 Å². The van der Waals surface area contributed by atoms with Gasteiger partial charge in [-0.2, -0.15) is 0 Å².